The van der Waals surface area contributed by atoms with Gasteiger partial charge in [0.25, 0.3) is 5.91 Å². The lowest BCUT2D eigenvalue weighted by Crippen LogP contribution is -2.36. The zero-order valence-corrected chi connectivity index (χ0v) is 19.2. The van der Waals surface area contributed by atoms with Crippen molar-refractivity contribution in [1.82, 2.24) is 9.29 Å². The number of carbonyl (C=O) groups excluding carboxylic acids is 2. The quantitative estimate of drug-likeness (QED) is 0.659. The van der Waals surface area contributed by atoms with E-state index in [2.05, 4.69) is 10.3 Å². The number of nitrogens with one attached hydrogen (secondary N) is 2. The predicted octanol–water partition coefficient (Wildman–Crippen LogP) is 3.54. The van der Waals surface area contributed by atoms with Crippen molar-refractivity contribution in [2.75, 3.05) is 25.0 Å². The molecule has 0 atom stereocenters. The number of ether oxygens (including phenoxy) is 1. The first-order valence-electron chi connectivity index (χ1n) is 10.4. The maximum absolute atomic E-state index is 13.1. The van der Waals surface area contributed by atoms with Crippen LogP contribution in [0, 0.1) is 20.8 Å². The number of rotatable bonds is 6. The first-order chi connectivity index (χ1) is 14.7. The second-order valence-corrected chi connectivity index (χ2v) is 9.65. The molecule has 1 fully saturated rings. The number of hydrogen-bond donors (Lipinski definition) is 2. The largest absolute Gasteiger partial charge is 0.462 e. The smallest absolute Gasteiger partial charge is 0.340 e. The maximum Gasteiger partial charge on any atom is 0.340 e. The summed E-state index contributed by atoms with van der Waals surface area (Å²) in [4.78, 5) is 28.2. The summed E-state index contributed by atoms with van der Waals surface area (Å²) in [7, 11) is -3.63. The third kappa shape index (κ3) is 4.67. The summed E-state index contributed by atoms with van der Waals surface area (Å²) in [5.41, 5.74) is 2.60. The van der Waals surface area contributed by atoms with Crippen LogP contribution in [0.15, 0.2) is 23.1 Å². The van der Waals surface area contributed by atoms with Gasteiger partial charge in [0.1, 0.15) is 5.69 Å². The van der Waals surface area contributed by atoms with Gasteiger partial charge in [0, 0.05) is 24.5 Å². The van der Waals surface area contributed by atoms with Crippen LogP contribution in [-0.2, 0) is 14.8 Å². The first kappa shape index (κ1) is 23.0. The van der Waals surface area contributed by atoms with Gasteiger partial charge in [-0.25, -0.2) is 13.2 Å². The Bertz CT molecular complexity index is 1100. The van der Waals surface area contributed by atoms with E-state index in [0.717, 1.165) is 19.3 Å². The highest BCUT2D eigenvalue weighted by molar-refractivity contribution is 7.89. The van der Waals surface area contributed by atoms with Crippen LogP contribution in [0.3, 0.4) is 0 Å². The van der Waals surface area contributed by atoms with E-state index in [4.69, 9.17) is 4.74 Å². The van der Waals surface area contributed by atoms with Gasteiger partial charge in [0.15, 0.2) is 0 Å². The number of sulfonamides is 1. The van der Waals surface area contributed by atoms with Gasteiger partial charge in [0.05, 0.1) is 17.1 Å². The lowest BCUT2D eigenvalue weighted by atomic mass is 10.1. The molecule has 3 rings (SSSR count). The molecule has 31 heavy (non-hydrogen) atoms. The Balaban J connectivity index is 1.87. The number of H-pyrrole nitrogens is 1. The van der Waals surface area contributed by atoms with Crippen LogP contribution in [0.1, 0.15) is 63.9 Å². The molecule has 0 aliphatic carbocycles. The molecule has 1 aliphatic rings. The summed E-state index contributed by atoms with van der Waals surface area (Å²) in [6.45, 7) is 8.09. The van der Waals surface area contributed by atoms with E-state index >= 15 is 0 Å². The van der Waals surface area contributed by atoms with Gasteiger partial charge in [-0.2, -0.15) is 4.31 Å². The molecule has 1 amide bonds. The van der Waals surface area contributed by atoms with Gasteiger partial charge in [-0.1, -0.05) is 12.5 Å². The van der Waals surface area contributed by atoms with E-state index in [9.17, 15) is 18.0 Å². The SMILES string of the molecule is CCOC(=O)c1c(C)[nH]c(C(=O)Nc2ccc(C)c(S(=O)(=O)N3CCCCC3)c2)c1C. The van der Waals surface area contributed by atoms with Crippen molar-refractivity contribution in [3.05, 3.63) is 46.3 Å². The predicted molar refractivity (Wildman–Crippen MR) is 118 cm³/mol. The molecule has 1 aromatic carbocycles. The van der Waals surface area contributed by atoms with Gasteiger partial charge in [0.2, 0.25) is 10.0 Å². The van der Waals surface area contributed by atoms with Crippen molar-refractivity contribution in [1.29, 1.82) is 0 Å². The highest BCUT2D eigenvalue weighted by atomic mass is 32.2. The molecule has 0 spiro atoms. The van der Waals surface area contributed by atoms with Crippen LogP contribution in [0.4, 0.5) is 5.69 Å². The number of carbonyl (C=O) groups is 2. The lowest BCUT2D eigenvalue weighted by molar-refractivity contribution is 0.0525. The van der Waals surface area contributed by atoms with Gasteiger partial charge in [-0.15, -0.1) is 0 Å². The van der Waals surface area contributed by atoms with E-state index in [0.29, 0.717) is 41.2 Å². The summed E-state index contributed by atoms with van der Waals surface area (Å²) in [6.07, 6.45) is 2.73. The molecule has 0 bridgehead atoms. The molecule has 168 valence electrons. The number of amides is 1. The summed E-state index contributed by atoms with van der Waals surface area (Å²) in [5.74, 6) is -0.945. The molecule has 2 aromatic rings. The number of aryl methyl sites for hydroxylation is 2. The van der Waals surface area contributed by atoms with Crippen LogP contribution in [-0.4, -0.2) is 49.3 Å². The molecule has 2 N–H and O–H groups in total. The molecular formula is C22H29N3O5S. The molecule has 8 nitrogen and oxygen atoms in total. The second-order valence-electron chi connectivity index (χ2n) is 7.74. The minimum absolute atomic E-state index is 0.193. The highest BCUT2D eigenvalue weighted by Gasteiger charge is 2.28. The molecule has 1 aliphatic heterocycles. The molecule has 0 unspecified atom stereocenters. The first-order valence-corrected chi connectivity index (χ1v) is 11.9. The van der Waals surface area contributed by atoms with Gasteiger partial charge in [-0.3, -0.25) is 4.79 Å². The van der Waals surface area contributed by atoms with Crippen molar-refractivity contribution in [3.63, 3.8) is 0 Å². The Hall–Kier alpha value is -2.65. The van der Waals surface area contributed by atoms with Crippen LogP contribution >= 0.6 is 0 Å². The number of aromatic nitrogens is 1. The molecule has 9 heteroatoms. The number of piperidine rings is 1. The maximum atomic E-state index is 13.1. The standard InChI is InChI=1S/C22H29N3O5S/c1-5-30-22(27)19-15(3)20(23-16(19)4)21(26)24-17-10-9-14(2)18(13-17)31(28,29)25-11-7-6-8-12-25/h9-10,13,23H,5-8,11-12H2,1-4H3,(H,24,26). The summed E-state index contributed by atoms with van der Waals surface area (Å²) in [5, 5.41) is 2.75. The molecule has 0 radical (unpaired) electrons. The van der Waals surface area contributed by atoms with E-state index in [1.54, 1.807) is 39.8 Å². The summed E-state index contributed by atoms with van der Waals surface area (Å²) < 4.78 is 32.8. The fourth-order valence-electron chi connectivity index (χ4n) is 3.88. The average molecular weight is 448 g/mol. The number of esters is 1. The van der Waals surface area contributed by atoms with Gasteiger partial charge >= 0.3 is 5.97 Å². The van der Waals surface area contributed by atoms with Gasteiger partial charge in [-0.05, 0) is 63.8 Å². The number of anilines is 1. The van der Waals surface area contributed by atoms with Crippen LogP contribution in [0.25, 0.3) is 0 Å². The van der Waals surface area contributed by atoms with E-state index in [1.165, 1.54) is 10.4 Å². The molecule has 1 aromatic heterocycles. The fourth-order valence-corrected chi connectivity index (χ4v) is 5.65. The van der Waals surface area contributed by atoms with Crippen molar-refractivity contribution in [2.24, 2.45) is 0 Å². The Morgan fingerprint density at radius 3 is 2.45 bits per heavy atom. The third-order valence-corrected chi connectivity index (χ3v) is 7.56. The van der Waals surface area contributed by atoms with E-state index in [1.807, 2.05) is 0 Å². The molecule has 0 saturated carbocycles. The van der Waals surface area contributed by atoms with Crippen molar-refractivity contribution < 1.29 is 22.7 Å². The van der Waals surface area contributed by atoms with Crippen molar-refractivity contribution in [2.45, 2.75) is 51.9 Å². The van der Waals surface area contributed by atoms with E-state index in [-0.39, 0.29) is 17.2 Å². The van der Waals surface area contributed by atoms with E-state index < -0.39 is 21.9 Å². The number of benzene rings is 1. The zero-order valence-electron chi connectivity index (χ0n) is 18.4. The summed E-state index contributed by atoms with van der Waals surface area (Å²) in [6, 6.07) is 4.84. The van der Waals surface area contributed by atoms with Crippen LogP contribution in [0.2, 0.25) is 0 Å². The number of aromatic amines is 1. The minimum atomic E-state index is -3.63. The Labute approximate surface area is 183 Å². The average Bonchev–Trinajstić information content (AvgIpc) is 3.04. The molecule has 1 saturated heterocycles. The van der Waals surface area contributed by atoms with Crippen molar-refractivity contribution >= 4 is 27.6 Å². The highest BCUT2D eigenvalue weighted by Crippen LogP contribution is 2.27. The summed E-state index contributed by atoms with van der Waals surface area (Å²) >= 11 is 0. The van der Waals surface area contributed by atoms with Crippen LogP contribution < -0.4 is 5.32 Å². The topological polar surface area (TPSA) is 109 Å². The molecular weight excluding hydrogens is 418 g/mol. The molecule has 2 heterocycles. The Morgan fingerprint density at radius 2 is 1.81 bits per heavy atom. The normalized spacial score (nSPS) is 15.0. The van der Waals surface area contributed by atoms with Crippen molar-refractivity contribution in [3.8, 4) is 0 Å². The number of hydrogen-bond acceptors (Lipinski definition) is 5. The third-order valence-electron chi connectivity index (χ3n) is 5.52. The zero-order chi connectivity index (χ0) is 22.8. The van der Waals surface area contributed by atoms with Gasteiger partial charge < -0.3 is 15.0 Å². The lowest BCUT2D eigenvalue weighted by Gasteiger charge is -2.26. The fraction of sp³-hybridized carbons (Fsp3) is 0.455. The van der Waals surface area contributed by atoms with Crippen LogP contribution in [0.5, 0.6) is 0 Å². The Kier molecular flexibility index (Phi) is 6.86. The second kappa shape index (κ2) is 9.23. The monoisotopic (exact) mass is 447 g/mol. The number of nitrogens with zero attached hydrogens (tertiary/aromatic N) is 1. The Morgan fingerprint density at radius 1 is 1.13 bits per heavy atom. The minimum Gasteiger partial charge on any atom is -0.462 e.